The van der Waals surface area contributed by atoms with Crippen LogP contribution in [-0.2, 0) is 14.1 Å². The third kappa shape index (κ3) is 5.36. The highest BCUT2D eigenvalue weighted by atomic mass is 16.2. The minimum atomic E-state index is -0.396. The normalized spacial score (nSPS) is 11.0. The van der Waals surface area contributed by atoms with Crippen molar-refractivity contribution in [3.05, 3.63) is 152 Å². The van der Waals surface area contributed by atoms with Crippen LogP contribution in [0.5, 0.6) is 0 Å². The van der Waals surface area contributed by atoms with Crippen LogP contribution >= 0.6 is 0 Å². The number of carbonyl (C=O) groups excluding carboxylic acids is 2. The molecule has 0 aliphatic carbocycles. The van der Waals surface area contributed by atoms with E-state index >= 15 is 0 Å². The Hall–Kier alpha value is -6.16. The van der Waals surface area contributed by atoms with Crippen LogP contribution < -0.4 is 21.8 Å². The summed E-state index contributed by atoms with van der Waals surface area (Å²) in [7, 11) is 3.54. The average Bonchev–Trinajstić information content (AvgIpc) is 3.43. The zero-order valence-corrected chi connectivity index (χ0v) is 25.8. The van der Waals surface area contributed by atoms with Gasteiger partial charge in [0.25, 0.3) is 22.9 Å². The molecule has 0 saturated carbocycles. The maximum atomic E-state index is 13.2. The smallest absolute Gasteiger partial charge is 0.295 e. The predicted molar refractivity (Wildman–Crippen MR) is 179 cm³/mol. The van der Waals surface area contributed by atoms with Gasteiger partial charge in [0.05, 0.1) is 22.8 Å². The fourth-order valence-electron chi connectivity index (χ4n) is 5.42. The van der Waals surface area contributed by atoms with Crippen molar-refractivity contribution in [2.24, 2.45) is 14.1 Å². The van der Waals surface area contributed by atoms with Crippen LogP contribution in [0.2, 0.25) is 0 Å². The maximum Gasteiger partial charge on any atom is 0.295 e. The summed E-state index contributed by atoms with van der Waals surface area (Å²) in [4.78, 5) is 52.6. The van der Waals surface area contributed by atoms with Crippen molar-refractivity contribution >= 4 is 23.2 Å². The molecule has 0 fully saturated rings. The second-order valence-electron chi connectivity index (χ2n) is 10.9. The van der Waals surface area contributed by atoms with Crippen LogP contribution in [0.1, 0.15) is 32.1 Å². The van der Waals surface area contributed by atoms with Crippen molar-refractivity contribution in [3.63, 3.8) is 0 Å². The Morgan fingerprint density at radius 3 is 1.15 bits per heavy atom. The fourth-order valence-corrected chi connectivity index (χ4v) is 5.42. The molecule has 2 heterocycles. The van der Waals surface area contributed by atoms with Crippen LogP contribution in [0.25, 0.3) is 22.5 Å². The number of para-hydroxylation sites is 2. The fraction of sp³-hybridized carbons (Fsp3) is 0.111. The molecule has 6 rings (SSSR count). The number of nitrogens with zero attached hydrogens (tertiary/aromatic N) is 4. The summed E-state index contributed by atoms with van der Waals surface area (Å²) in [5.74, 6) is -0.792. The van der Waals surface area contributed by atoms with Gasteiger partial charge in [-0.25, -0.2) is 9.36 Å². The molecule has 4 aromatic carbocycles. The molecule has 46 heavy (non-hydrogen) atoms. The quantitative estimate of drug-likeness (QED) is 0.250. The molecule has 2 aromatic heterocycles. The maximum absolute atomic E-state index is 13.2. The van der Waals surface area contributed by atoms with Crippen LogP contribution in [0.4, 0.5) is 11.4 Å². The van der Waals surface area contributed by atoms with Crippen molar-refractivity contribution in [2.45, 2.75) is 13.8 Å². The molecular weight excluding hydrogens is 580 g/mol. The number of anilines is 2. The molecule has 0 atom stereocenters. The molecule has 2 amide bonds. The number of rotatable bonds is 7. The largest absolute Gasteiger partial charge is 0.316 e. The van der Waals surface area contributed by atoms with Crippen molar-refractivity contribution in [3.8, 4) is 22.5 Å². The Kier molecular flexibility index (Phi) is 7.85. The molecule has 230 valence electrons. The molecule has 2 N–H and O–H groups in total. The molecule has 0 saturated heterocycles. The van der Waals surface area contributed by atoms with E-state index < -0.39 is 11.8 Å². The summed E-state index contributed by atoms with van der Waals surface area (Å²) in [6.07, 6.45) is 0. The number of nitrogens with one attached hydrogen (secondary N) is 2. The van der Waals surface area contributed by atoms with Gasteiger partial charge in [-0.15, -0.1) is 0 Å². The molecule has 0 radical (unpaired) electrons. The lowest BCUT2D eigenvalue weighted by Gasteiger charge is -2.08. The van der Waals surface area contributed by atoms with Gasteiger partial charge >= 0.3 is 0 Å². The first kappa shape index (κ1) is 29.9. The number of hydrogen-bond acceptors (Lipinski definition) is 4. The van der Waals surface area contributed by atoms with Gasteiger partial charge in [-0.1, -0.05) is 60.7 Å². The van der Waals surface area contributed by atoms with E-state index in [9.17, 15) is 19.2 Å². The van der Waals surface area contributed by atoms with Crippen molar-refractivity contribution in [1.82, 2.24) is 18.7 Å². The number of carbonyl (C=O) groups is 2. The standard InChI is InChI=1S/C36H32N6O4/c1-23-31(35(45)41(39(23)3)29-11-7-5-8-12-29)37-33(43)27-19-15-25(16-20-27)26-17-21-28(22-18-26)34(44)38-32-24(2)40(4)42(36(32)46)30-13-9-6-10-14-30/h5-22H,1-4H3,(H,37,43)(H,38,44). The number of hydrogen-bond donors (Lipinski definition) is 2. The van der Waals surface area contributed by atoms with E-state index in [1.165, 1.54) is 9.36 Å². The monoisotopic (exact) mass is 612 g/mol. The van der Waals surface area contributed by atoms with E-state index in [0.29, 0.717) is 33.9 Å². The van der Waals surface area contributed by atoms with Gasteiger partial charge in [0, 0.05) is 25.2 Å². The zero-order valence-electron chi connectivity index (χ0n) is 25.8. The molecule has 0 aliphatic heterocycles. The van der Waals surface area contributed by atoms with Gasteiger partial charge in [-0.2, -0.15) is 0 Å². The third-order valence-electron chi connectivity index (χ3n) is 8.21. The Morgan fingerprint density at radius 2 is 0.826 bits per heavy atom. The molecule has 0 spiro atoms. The number of aromatic nitrogens is 4. The van der Waals surface area contributed by atoms with E-state index in [2.05, 4.69) is 10.6 Å². The predicted octanol–water partition coefficient (Wildman–Crippen LogP) is 5.45. The van der Waals surface area contributed by atoms with Gasteiger partial charge in [-0.3, -0.25) is 28.5 Å². The van der Waals surface area contributed by atoms with E-state index in [-0.39, 0.29) is 22.5 Å². The lowest BCUT2D eigenvalue weighted by Crippen LogP contribution is -2.23. The van der Waals surface area contributed by atoms with Gasteiger partial charge in [0.2, 0.25) is 0 Å². The molecular formula is C36H32N6O4. The minimum Gasteiger partial charge on any atom is -0.316 e. The first-order valence-corrected chi connectivity index (χ1v) is 14.7. The highest BCUT2D eigenvalue weighted by molar-refractivity contribution is 6.05. The van der Waals surface area contributed by atoms with Crippen molar-refractivity contribution in [2.75, 3.05) is 10.6 Å². The first-order valence-electron chi connectivity index (χ1n) is 14.7. The van der Waals surface area contributed by atoms with Gasteiger partial charge < -0.3 is 10.6 Å². The van der Waals surface area contributed by atoms with Crippen LogP contribution in [0, 0.1) is 13.8 Å². The zero-order chi connectivity index (χ0) is 32.5. The highest BCUT2D eigenvalue weighted by Gasteiger charge is 2.20. The van der Waals surface area contributed by atoms with E-state index in [1.807, 2.05) is 84.9 Å². The Morgan fingerprint density at radius 1 is 0.500 bits per heavy atom. The summed E-state index contributed by atoms with van der Waals surface area (Å²) in [6.45, 7) is 3.57. The second-order valence-corrected chi connectivity index (χ2v) is 10.9. The third-order valence-corrected chi connectivity index (χ3v) is 8.21. The number of amides is 2. The number of benzene rings is 4. The van der Waals surface area contributed by atoms with Gasteiger partial charge in [0.1, 0.15) is 11.4 Å². The summed E-state index contributed by atoms with van der Waals surface area (Å²) in [5, 5.41) is 5.57. The second kappa shape index (κ2) is 12.1. The Bertz CT molecular complexity index is 2030. The summed E-state index contributed by atoms with van der Waals surface area (Å²) < 4.78 is 6.45. The molecule has 6 aromatic rings. The summed E-state index contributed by atoms with van der Waals surface area (Å²) >= 11 is 0. The lowest BCUT2D eigenvalue weighted by molar-refractivity contribution is 0.101. The highest BCUT2D eigenvalue weighted by Crippen LogP contribution is 2.22. The van der Waals surface area contributed by atoms with Crippen LogP contribution in [0.3, 0.4) is 0 Å². The molecule has 10 heteroatoms. The van der Waals surface area contributed by atoms with Crippen LogP contribution in [-0.4, -0.2) is 30.5 Å². The Balaban J connectivity index is 1.16. The SMILES string of the molecule is Cc1c(NC(=O)c2ccc(-c3ccc(C(=O)Nc4c(C)n(C)n(-c5ccccc5)c4=O)cc3)cc2)c(=O)n(-c2ccccc2)n1C. The summed E-state index contributed by atoms with van der Waals surface area (Å²) in [5.41, 5.74) is 4.96. The molecule has 10 nitrogen and oxygen atoms in total. The average molecular weight is 613 g/mol. The minimum absolute atomic E-state index is 0.221. The lowest BCUT2D eigenvalue weighted by atomic mass is 10.0. The molecule has 0 bridgehead atoms. The van der Waals surface area contributed by atoms with Crippen molar-refractivity contribution in [1.29, 1.82) is 0 Å². The van der Waals surface area contributed by atoms with E-state index in [4.69, 9.17) is 0 Å². The van der Waals surface area contributed by atoms with Crippen molar-refractivity contribution < 1.29 is 9.59 Å². The Labute approximate surface area is 264 Å². The van der Waals surface area contributed by atoms with E-state index in [0.717, 1.165) is 11.1 Å². The first-order chi connectivity index (χ1) is 22.2. The molecule has 0 aliphatic rings. The van der Waals surface area contributed by atoms with Crippen LogP contribution in [0.15, 0.2) is 119 Å². The van der Waals surface area contributed by atoms with Gasteiger partial charge in [-0.05, 0) is 73.5 Å². The summed E-state index contributed by atoms with van der Waals surface area (Å²) in [6, 6.07) is 32.5. The topological polar surface area (TPSA) is 112 Å². The molecule has 0 unspecified atom stereocenters. The van der Waals surface area contributed by atoms with Gasteiger partial charge in [0.15, 0.2) is 0 Å². The van der Waals surface area contributed by atoms with E-state index in [1.54, 1.807) is 61.6 Å².